The number of aryl methyl sites for hydroxylation is 1. The number of ether oxygens (including phenoxy) is 1. The molecule has 25 heavy (non-hydrogen) atoms. The number of pyridine rings is 1. The standard InChI is InChI=1S/C20H23N3O2/c1-15-7-6-11-23-18(14-22-20(15)23)17(16-8-4-3-5-9-16)13-19(24)21-10-12-25-2/h3-9,11,14,17H,10,12-13H2,1-2H3,(H,21,24). The highest BCUT2D eigenvalue weighted by molar-refractivity contribution is 5.77. The summed E-state index contributed by atoms with van der Waals surface area (Å²) in [5, 5.41) is 2.91. The molecule has 0 spiro atoms. The van der Waals surface area contributed by atoms with Crippen molar-refractivity contribution < 1.29 is 9.53 Å². The lowest BCUT2D eigenvalue weighted by Crippen LogP contribution is -2.28. The number of nitrogens with zero attached hydrogens (tertiary/aromatic N) is 2. The predicted molar refractivity (Wildman–Crippen MR) is 97.7 cm³/mol. The average molecular weight is 337 g/mol. The zero-order valence-electron chi connectivity index (χ0n) is 14.6. The fourth-order valence-electron chi connectivity index (χ4n) is 3.06. The number of aromatic nitrogens is 2. The van der Waals surface area contributed by atoms with E-state index in [1.807, 2.05) is 49.6 Å². The second-order valence-corrected chi connectivity index (χ2v) is 6.08. The Kier molecular flexibility index (Phi) is 5.46. The molecule has 1 aromatic carbocycles. The van der Waals surface area contributed by atoms with Gasteiger partial charge in [-0.05, 0) is 24.1 Å². The summed E-state index contributed by atoms with van der Waals surface area (Å²) in [4.78, 5) is 17.0. The molecule has 1 unspecified atom stereocenters. The van der Waals surface area contributed by atoms with Crippen LogP contribution in [0.2, 0.25) is 0 Å². The third-order valence-corrected chi connectivity index (χ3v) is 4.34. The molecule has 0 radical (unpaired) electrons. The molecular formula is C20H23N3O2. The first kappa shape index (κ1) is 17.2. The molecule has 1 N–H and O–H groups in total. The molecule has 3 rings (SSSR count). The Bertz CT molecular complexity index is 843. The smallest absolute Gasteiger partial charge is 0.221 e. The van der Waals surface area contributed by atoms with Crippen LogP contribution in [0.5, 0.6) is 0 Å². The number of imidazole rings is 1. The Labute approximate surface area is 147 Å². The maximum atomic E-state index is 12.4. The topological polar surface area (TPSA) is 55.6 Å². The summed E-state index contributed by atoms with van der Waals surface area (Å²) in [6.07, 6.45) is 4.25. The van der Waals surface area contributed by atoms with Gasteiger partial charge in [-0.25, -0.2) is 4.98 Å². The molecule has 0 saturated carbocycles. The fraction of sp³-hybridized carbons (Fsp3) is 0.300. The number of methoxy groups -OCH3 is 1. The van der Waals surface area contributed by atoms with Crippen molar-refractivity contribution in [3.8, 4) is 0 Å². The number of benzene rings is 1. The van der Waals surface area contributed by atoms with Gasteiger partial charge in [-0.1, -0.05) is 36.4 Å². The lowest BCUT2D eigenvalue weighted by molar-refractivity contribution is -0.121. The minimum atomic E-state index is -0.0551. The number of nitrogens with one attached hydrogen (secondary N) is 1. The lowest BCUT2D eigenvalue weighted by atomic mass is 9.92. The van der Waals surface area contributed by atoms with Crippen LogP contribution in [-0.2, 0) is 9.53 Å². The van der Waals surface area contributed by atoms with Crippen molar-refractivity contribution in [2.75, 3.05) is 20.3 Å². The Morgan fingerprint density at radius 2 is 2.04 bits per heavy atom. The molecule has 0 saturated heterocycles. The zero-order chi connectivity index (χ0) is 17.6. The van der Waals surface area contributed by atoms with E-state index in [9.17, 15) is 4.79 Å². The molecule has 1 atom stereocenters. The Morgan fingerprint density at radius 3 is 2.80 bits per heavy atom. The number of hydrogen-bond acceptors (Lipinski definition) is 3. The van der Waals surface area contributed by atoms with Crippen LogP contribution in [0.25, 0.3) is 5.65 Å². The highest BCUT2D eigenvalue weighted by atomic mass is 16.5. The quantitative estimate of drug-likeness (QED) is 0.675. The van der Waals surface area contributed by atoms with Crippen LogP contribution in [0, 0.1) is 6.92 Å². The van der Waals surface area contributed by atoms with E-state index in [2.05, 4.69) is 26.8 Å². The second kappa shape index (κ2) is 7.94. The number of fused-ring (bicyclic) bond motifs is 1. The highest BCUT2D eigenvalue weighted by Crippen LogP contribution is 2.29. The molecular weight excluding hydrogens is 314 g/mol. The third kappa shape index (κ3) is 3.88. The van der Waals surface area contributed by atoms with Crippen LogP contribution in [0.1, 0.15) is 29.2 Å². The monoisotopic (exact) mass is 337 g/mol. The number of amides is 1. The number of carbonyl (C=O) groups excluding carboxylic acids is 1. The van der Waals surface area contributed by atoms with Crippen LogP contribution in [0.15, 0.2) is 54.9 Å². The second-order valence-electron chi connectivity index (χ2n) is 6.08. The minimum absolute atomic E-state index is 0.00788. The van der Waals surface area contributed by atoms with Gasteiger partial charge in [-0.3, -0.25) is 4.79 Å². The Hall–Kier alpha value is -2.66. The van der Waals surface area contributed by atoms with E-state index < -0.39 is 0 Å². The fourth-order valence-corrected chi connectivity index (χ4v) is 3.06. The molecule has 0 aliphatic heterocycles. The van der Waals surface area contributed by atoms with Crippen molar-refractivity contribution in [3.63, 3.8) is 0 Å². The first-order valence-corrected chi connectivity index (χ1v) is 8.44. The molecule has 2 aromatic heterocycles. The van der Waals surface area contributed by atoms with Gasteiger partial charge in [0.25, 0.3) is 0 Å². The highest BCUT2D eigenvalue weighted by Gasteiger charge is 2.21. The van der Waals surface area contributed by atoms with E-state index >= 15 is 0 Å². The lowest BCUT2D eigenvalue weighted by Gasteiger charge is -2.17. The van der Waals surface area contributed by atoms with Crippen LogP contribution in [-0.4, -0.2) is 35.6 Å². The van der Waals surface area contributed by atoms with Gasteiger partial charge in [-0.2, -0.15) is 0 Å². The number of carbonyl (C=O) groups is 1. The predicted octanol–water partition coefficient (Wildman–Crippen LogP) is 2.93. The molecule has 5 heteroatoms. The van der Waals surface area contributed by atoms with Crippen molar-refractivity contribution in [1.82, 2.24) is 14.7 Å². The van der Waals surface area contributed by atoms with Crippen molar-refractivity contribution in [2.45, 2.75) is 19.3 Å². The van der Waals surface area contributed by atoms with Gasteiger partial charge < -0.3 is 14.5 Å². The molecule has 1 amide bonds. The average Bonchev–Trinajstić information content (AvgIpc) is 3.06. The maximum absolute atomic E-state index is 12.4. The molecule has 0 bridgehead atoms. The van der Waals surface area contributed by atoms with Crippen molar-refractivity contribution in [2.24, 2.45) is 0 Å². The minimum Gasteiger partial charge on any atom is -0.383 e. The van der Waals surface area contributed by atoms with Crippen molar-refractivity contribution in [3.05, 3.63) is 71.7 Å². The van der Waals surface area contributed by atoms with E-state index in [0.29, 0.717) is 19.6 Å². The first-order valence-electron chi connectivity index (χ1n) is 8.44. The van der Waals surface area contributed by atoms with Crippen LogP contribution in [0.3, 0.4) is 0 Å². The first-order chi connectivity index (χ1) is 12.2. The van der Waals surface area contributed by atoms with Crippen LogP contribution < -0.4 is 5.32 Å². The van der Waals surface area contributed by atoms with E-state index in [0.717, 1.165) is 22.5 Å². The summed E-state index contributed by atoms with van der Waals surface area (Å²) in [5.74, 6) is -0.0472. The third-order valence-electron chi connectivity index (χ3n) is 4.34. The van der Waals surface area contributed by atoms with Crippen molar-refractivity contribution in [1.29, 1.82) is 0 Å². The number of hydrogen-bond donors (Lipinski definition) is 1. The van der Waals surface area contributed by atoms with Gasteiger partial charge in [0.05, 0.1) is 12.3 Å². The van der Waals surface area contributed by atoms with Gasteiger partial charge in [-0.15, -0.1) is 0 Å². The van der Waals surface area contributed by atoms with Gasteiger partial charge in [0.15, 0.2) is 0 Å². The Morgan fingerprint density at radius 1 is 1.24 bits per heavy atom. The van der Waals surface area contributed by atoms with E-state index in [4.69, 9.17) is 4.74 Å². The van der Waals surface area contributed by atoms with Gasteiger partial charge in [0.1, 0.15) is 5.65 Å². The SMILES string of the molecule is COCCNC(=O)CC(c1ccccc1)c1cnc2c(C)cccn12. The molecule has 0 fully saturated rings. The number of rotatable bonds is 7. The van der Waals surface area contributed by atoms with Gasteiger partial charge in [0.2, 0.25) is 5.91 Å². The summed E-state index contributed by atoms with van der Waals surface area (Å²) >= 11 is 0. The molecule has 5 nitrogen and oxygen atoms in total. The summed E-state index contributed by atoms with van der Waals surface area (Å²) < 4.78 is 7.07. The van der Waals surface area contributed by atoms with Gasteiger partial charge in [0, 0.05) is 38.4 Å². The summed E-state index contributed by atoms with van der Waals surface area (Å²) in [6, 6.07) is 14.1. The van der Waals surface area contributed by atoms with Crippen LogP contribution >= 0.6 is 0 Å². The molecule has 130 valence electrons. The molecule has 2 heterocycles. The zero-order valence-corrected chi connectivity index (χ0v) is 14.6. The van der Waals surface area contributed by atoms with E-state index in [1.165, 1.54) is 0 Å². The van der Waals surface area contributed by atoms with E-state index in [-0.39, 0.29) is 11.8 Å². The summed E-state index contributed by atoms with van der Waals surface area (Å²) in [7, 11) is 1.62. The summed E-state index contributed by atoms with van der Waals surface area (Å²) in [6.45, 7) is 3.07. The van der Waals surface area contributed by atoms with Crippen LogP contribution in [0.4, 0.5) is 0 Å². The maximum Gasteiger partial charge on any atom is 0.221 e. The largest absolute Gasteiger partial charge is 0.383 e. The normalized spacial score (nSPS) is 12.2. The molecule has 3 aromatic rings. The summed E-state index contributed by atoms with van der Waals surface area (Å²) in [5.41, 5.74) is 4.17. The Balaban J connectivity index is 1.93. The van der Waals surface area contributed by atoms with E-state index in [1.54, 1.807) is 7.11 Å². The molecule has 0 aliphatic rings. The van der Waals surface area contributed by atoms with Gasteiger partial charge >= 0.3 is 0 Å². The molecule has 0 aliphatic carbocycles. The van der Waals surface area contributed by atoms with Crippen molar-refractivity contribution >= 4 is 11.6 Å².